The lowest BCUT2D eigenvalue weighted by atomic mass is 10.1. The number of nitrogens with one attached hydrogen (secondary N) is 2. The number of fused-ring (bicyclic) bond motifs is 1. The molecule has 0 fully saturated rings. The average molecular weight is 326 g/mol. The van der Waals surface area contributed by atoms with E-state index in [4.69, 9.17) is 4.74 Å². The van der Waals surface area contributed by atoms with Crippen LogP contribution in [0.5, 0.6) is 5.75 Å². The van der Waals surface area contributed by atoms with E-state index in [-0.39, 0.29) is 12.1 Å². The van der Waals surface area contributed by atoms with E-state index in [0.29, 0.717) is 17.9 Å². The Morgan fingerprint density at radius 1 is 1.17 bits per heavy atom. The van der Waals surface area contributed by atoms with Crippen molar-refractivity contribution in [1.82, 2.24) is 5.32 Å². The van der Waals surface area contributed by atoms with Crippen LogP contribution in [0.3, 0.4) is 0 Å². The van der Waals surface area contributed by atoms with Gasteiger partial charge in [0, 0.05) is 6.42 Å². The normalized spacial score (nSPS) is 19.0. The van der Waals surface area contributed by atoms with Crippen molar-refractivity contribution in [2.45, 2.75) is 38.5 Å². The molecule has 0 aromatic heterocycles. The standard InChI is InChI=1S/C19H22N2O3/c1-12(2)24-17-10-6-5-9-15(17)20-19(23)21-18-14-8-4-3-7-13(14)11-16(18)22/h3-10,12,16,18,22H,11H2,1-2H3,(H2,20,21,23)/t16-,18+/m0/s1. The number of rotatable bonds is 4. The smallest absolute Gasteiger partial charge is 0.319 e. The molecule has 5 heteroatoms. The summed E-state index contributed by atoms with van der Waals surface area (Å²) in [5.41, 5.74) is 2.63. The number of carbonyl (C=O) groups excluding carboxylic acids is 1. The highest BCUT2D eigenvalue weighted by molar-refractivity contribution is 5.91. The number of hydrogen-bond donors (Lipinski definition) is 3. The number of carbonyl (C=O) groups is 1. The summed E-state index contributed by atoms with van der Waals surface area (Å²) >= 11 is 0. The second-order valence-electron chi connectivity index (χ2n) is 6.21. The number of ether oxygens (including phenoxy) is 1. The van der Waals surface area contributed by atoms with E-state index < -0.39 is 12.1 Å². The van der Waals surface area contributed by atoms with Gasteiger partial charge in [0.15, 0.2) is 0 Å². The number of benzene rings is 2. The lowest BCUT2D eigenvalue weighted by molar-refractivity contribution is 0.144. The van der Waals surface area contributed by atoms with Gasteiger partial charge in [-0.2, -0.15) is 0 Å². The van der Waals surface area contributed by atoms with Crippen LogP contribution in [0.25, 0.3) is 0 Å². The molecule has 0 radical (unpaired) electrons. The fourth-order valence-electron chi connectivity index (χ4n) is 2.97. The Kier molecular flexibility index (Phi) is 4.71. The molecule has 0 aliphatic heterocycles. The number of urea groups is 1. The summed E-state index contributed by atoms with van der Waals surface area (Å²) in [6, 6.07) is 14.3. The van der Waals surface area contributed by atoms with Crippen molar-refractivity contribution in [1.29, 1.82) is 0 Å². The lowest BCUT2D eigenvalue weighted by Gasteiger charge is -2.20. The van der Waals surface area contributed by atoms with E-state index in [0.717, 1.165) is 11.1 Å². The van der Waals surface area contributed by atoms with Crippen molar-refractivity contribution in [3.8, 4) is 5.75 Å². The van der Waals surface area contributed by atoms with Gasteiger partial charge < -0.3 is 20.5 Å². The highest BCUT2D eigenvalue weighted by Crippen LogP contribution is 2.31. The van der Waals surface area contributed by atoms with E-state index in [2.05, 4.69) is 10.6 Å². The van der Waals surface area contributed by atoms with Gasteiger partial charge >= 0.3 is 6.03 Å². The van der Waals surface area contributed by atoms with Crippen molar-refractivity contribution < 1.29 is 14.6 Å². The Hall–Kier alpha value is -2.53. The van der Waals surface area contributed by atoms with Crippen molar-refractivity contribution in [3.63, 3.8) is 0 Å². The molecule has 2 atom stereocenters. The van der Waals surface area contributed by atoms with Gasteiger partial charge in [-0.25, -0.2) is 4.79 Å². The van der Waals surface area contributed by atoms with Gasteiger partial charge in [0.25, 0.3) is 0 Å². The van der Waals surface area contributed by atoms with Crippen molar-refractivity contribution in [2.24, 2.45) is 0 Å². The summed E-state index contributed by atoms with van der Waals surface area (Å²) in [5, 5.41) is 15.9. The largest absolute Gasteiger partial charge is 0.489 e. The molecule has 0 heterocycles. The number of para-hydroxylation sites is 2. The summed E-state index contributed by atoms with van der Waals surface area (Å²) in [6.07, 6.45) is -0.0522. The topological polar surface area (TPSA) is 70.6 Å². The first-order valence-corrected chi connectivity index (χ1v) is 8.13. The summed E-state index contributed by atoms with van der Waals surface area (Å²) < 4.78 is 5.70. The maximum absolute atomic E-state index is 12.4. The van der Waals surface area contributed by atoms with E-state index in [1.807, 2.05) is 56.3 Å². The van der Waals surface area contributed by atoms with Crippen LogP contribution in [0.4, 0.5) is 10.5 Å². The fourth-order valence-corrected chi connectivity index (χ4v) is 2.97. The molecular weight excluding hydrogens is 304 g/mol. The van der Waals surface area contributed by atoms with Crippen LogP contribution < -0.4 is 15.4 Å². The molecule has 2 aromatic rings. The van der Waals surface area contributed by atoms with Crippen molar-refractivity contribution in [2.75, 3.05) is 5.32 Å². The Morgan fingerprint density at radius 3 is 2.67 bits per heavy atom. The first-order valence-electron chi connectivity index (χ1n) is 8.13. The number of aliphatic hydroxyl groups excluding tert-OH is 1. The quantitative estimate of drug-likeness (QED) is 0.808. The molecular formula is C19H22N2O3. The van der Waals surface area contributed by atoms with Crippen LogP contribution in [0.1, 0.15) is 31.0 Å². The molecule has 1 aliphatic carbocycles. The molecule has 2 amide bonds. The molecule has 0 saturated heterocycles. The number of amides is 2. The van der Waals surface area contributed by atoms with Gasteiger partial charge in [-0.1, -0.05) is 36.4 Å². The second kappa shape index (κ2) is 6.93. The zero-order chi connectivity index (χ0) is 17.1. The third-order valence-electron chi connectivity index (χ3n) is 3.99. The summed E-state index contributed by atoms with van der Waals surface area (Å²) in [5.74, 6) is 0.620. The summed E-state index contributed by atoms with van der Waals surface area (Å²) in [6.45, 7) is 3.87. The maximum Gasteiger partial charge on any atom is 0.319 e. The highest BCUT2D eigenvalue weighted by atomic mass is 16.5. The first kappa shape index (κ1) is 16.3. The van der Waals surface area contributed by atoms with E-state index >= 15 is 0 Å². The molecule has 3 rings (SSSR count). The molecule has 3 N–H and O–H groups in total. The zero-order valence-corrected chi connectivity index (χ0v) is 13.8. The van der Waals surface area contributed by atoms with Crippen LogP contribution in [-0.4, -0.2) is 23.3 Å². The zero-order valence-electron chi connectivity index (χ0n) is 13.8. The van der Waals surface area contributed by atoms with Crippen LogP contribution in [0.2, 0.25) is 0 Å². The van der Waals surface area contributed by atoms with Crippen LogP contribution in [0, 0.1) is 0 Å². The lowest BCUT2D eigenvalue weighted by Crippen LogP contribution is -2.36. The molecule has 0 unspecified atom stereocenters. The predicted molar refractivity (Wildman–Crippen MR) is 93.3 cm³/mol. The van der Waals surface area contributed by atoms with Gasteiger partial charge in [0.1, 0.15) is 5.75 Å². The summed E-state index contributed by atoms with van der Waals surface area (Å²) in [7, 11) is 0. The Balaban J connectivity index is 1.71. The molecule has 24 heavy (non-hydrogen) atoms. The van der Waals surface area contributed by atoms with E-state index in [1.165, 1.54) is 0 Å². The van der Waals surface area contributed by atoms with Crippen molar-refractivity contribution >= 4 is 11.7 Å². The number of anilines is 1. The molecule has 0 saturated carbocycles. The van der Waals surface area contributed by atoms with Gasteiger partial charge in [0.2, 0.25) is 0 Å². The minimum atomic E-state index is -0.615. The van der Waals surface area contributed by atoms with Gasteiger partial charge in [-0.15, -0.1) is 0 Å². The molecule has 0 bridgehead atoms. The first-order chi connectivity index (χ1) is 11.5. The predicted octanol–water partition coefficient (Wildman–Crippen LogP) is 3.25. The van der Waals surface area contributed by atoms with E-state index in [9.17, 15) is 9.90 Å². The monoisotopic (exact) mass is 326 g/mol. The average Bonchev–Trinajstić information content (AvgIpc) is 2.85. The van der Waals surface area contributed by atoms with Crippen LogP contribution >= 0.6 is 0 Å². The van der Waals surface area contributed by atoms with Gasteiger partial charge in [-0.3, -0.25) is 0 Å². The van der Waals surface area contributed by atoms with Crippen LogP contribution in [0.15, 0.2) is 48.5 Å². The van der Waals surface area contributed by atoms with Gasteiger partial charge in [-0.05, 0) is 37.1 Å². The minimum absolute atomic E-state index is 0.0135. The molecule has 2 aromatic carbocycles. The Bertz CT molecular complexity index is 730. The molecule has 126 valence electrons. The second-order valence-corrected chi connectivity index (χ2v) is 6.21. The Labute approximate surface area is 141 Å². The highest BCUT2D eigenvalue weighted by Gasteiger charge is 2.31. The summed E-state index contributed by atoms with van der Waals surface area (Å²) in [4.78, 5) is 12.4. The molecule has 5 nitrogen and oxygen atoms in total. The maximum atomic E-state index is 12.4. The Morgan fingerprint density at radius 2 is 1.88 bits per heavy atom. The minimum Gasteiger partial charge on any atom is -0.489 e. The third kappa shape index (κ3) is 3.51. The van der Waals surface area contributed by atoms with E-state index in [1.54, 1.807) is 6.07 Å². The van der Waals surface area contributed by atoms with Crippen molar-refractivity contribution in [3.05, 3.63) is 59.7 Å². The number of hydrogen-bond acceptors (Lipinski definition) is 3. The van der Waals surface area contributed by atoms with Gasteiger partial charge in [0.05, 0.1) is 23.9 Å². The van der Waals surface area contributed by atoms with Crippen LogP contribution in [-0.2, 0) is 6.42 Å². The SMILES string of the molecule is CC(C)Oc1ccccc1NC(=O)N[C@@H]1c2ccccc2C[C@@H]1O. The third-order valence-corrected chi connectivity index (χ3v) is 3.99. The molecule has 0 spiro atoms. The molecule has 1 aliphatic rings. The fraction of sp³-hybridized carbons (Fsp3) is 0.316. The number of aliphatic hydroxyl groups is 1.